The van der Waals surface area contributed by atoms with Crippen LogP contribution in [-0.4, -0.2) is 24.0 Å². The number of aryl methyl sites for hydroxylation is 1. The van der Waals surface area contributed by atoms with Gasteiger partial charge in [0.1, 0.15) is 0 Å². The Bertz CT molecular complexity index is 509. The molecule has 1 saturated carbocycles. The van der Waals surface area contributed by atoms with Crippen LogP contribution in [0, 0.1) is 6.92 Å². The van der Waals surface area contributed by atoms with Gasteiger partial charge in [-0.2, -0.15) is 0 Å². The zero-order valence-corrected chi connectivity index (χ0v) is 11.1. The van der Waals surface area contributed by atoms with Crippen LogP contribution in [0.4, 0.5) is 5.69 Å². The monoisotopic (exact) mass is 262 g/mol. The molecule has 0 saturated heterocycles. The summed E-state index contributed by atoms with van der Waals surface area (Å²) in [6, 6.07) is 5.39. The Hall–Kier alpha value is -2.04. The Morgan fingerprint density at radius 3 is 2.74 bits per heavy atom. The van der Waals surface area contributed by atoms with Gasteiger partial charge in [-0.1, -0.05) is 12.1 Å². The van der Waals surface area contributed by atoms with E-state index < -0.39 is 12.1 Å². The van der Waals surface area contributed by atoms with Crippen molar-refractivity contribution in [3.8, 4) is 0 Å². The molecule has 1 fully saturated rings. The number of para-hydroxylation sites is 1. The zero-order valence-electron chi connectivity index (χ0n) is 11.1. The van der Waals surface area contributed by atoms with Crippen molar-refractivity contribution < 1.29 is 14.3 Å². The predicted octanol–water partition coefficient (Wildman–Crippen LogP) is 1.40. The Morgan fingerprint density at radius 1 is 1.42 bits per heavy atom. The van der Waals surface area contributed by atoms with Gasteiger partial charge in [0.25, 0.3) is 5.91 Å². The van der Waals surface area contributed by atoms with E-state index in [9.17, 15) is 9.59 Å². The first kappa shape index (κ1) is 13.4. The molecule has 0 radical (unpaired) electrons. The van der Waals surface area contributed by atoms with E-state index in [0.29, 0.717) is 11.3 Å². The standard InChI is InChI=1S/C14H18N2O3/c1-8-4-3-5-11(12(8)15)14(18)19-9(2)13(17)16-10-6-7-10/h3-5,9-10H,6-7,15H2,1-2H3,(H,16,17)/t9-/m1/s1. The van der Waals surface area contributed by atoms with Gasteiger partial charge in [0.05, 0.1) is 5.56 Å². The molecule has 0 aliphatic heterocycles. The fourth-order valence-corrected chi connectivity index (χ4v) is 1.68. The smallest absolute Gasteiger partial charge is 0.341 e. The molecule has 19 heavy (non-hydrogen) atoms. The van der Waals surface area contributed by atoms with Gasteiger partial charge in [-0.25, -0.2) is 4.79 Å². The highest BCUT2D eigenvalue weighted by Crippen LogP contribution is 2.20. The second kappa shape index (κ2) is 5.30. The van der Waals surface area contributed by atoms with E-state index in [1.165, 1.54) is 0 Å². The van der Waals surface area contributed by atoms with Crippen molar-refractivity contribution in [3.05, 3.63) is 29.3 Å². The molecule has 5 nitrogen and oxygen atoms in total. The first-order chi connectivity index (χ1) is 8.99. The van der Waals surface area contributed by atoms with Crippen LogP contribution in [0.1, 0.15) is 35.7 Å². The molecule has 3 N–H and O–H groups in total. The third-order valence-corrected chi connectivity index (χ3v) is 3.12. The molecule has 0 unspecified atom stereocenters. The number of nitrogen functional groups attached to an aromatic ring is 1. The maximum absolute atomic E-state index is 12.0. The minimum absolute atomic E-state index is 0.248. The van der Waals surface area contributed by atoms with Crippen molar-refractivity contribution in [2.24, 2.45) is 0 Å². The average molecular weight is 262 g/mol. The highest BCUT2D eigenvalue weighted by atomic mass is 16.5. The largest absolute Gasteiger partial charge is 0.449 e. The molecule has 0 aromatic heterocycles. The minimum atomic E-state index is -0.812. The van der Waals surface area contributed by atoms with Gasteiger partial charge in [-0.15, -0.1) is 0 Å². The van der Waals surface area contributed by atoms with E-state index in [-0.39, 0.29) is 11.9 Å². The van der Waals surface area contributed by atoms with Crippen molar-refractivity contribution in [3.63, 3.8) is 0 Å². The quantitative estimate of drug-likeness (QED) is 0.635. The third kappa shape index (κ3) is 3.24. The highest BCUT2D eigenvalue weighted by Gasteiger charge is 2.27. The van der Waals surface area contributed by atoms with Crippen LogP contribution in [0.2, 0.25) is 0 Å². The SMILES string of the molecule is Cc1cccc(C(=O)O[C@H](C)C(=O)NC2CC2)c1N. The number of carbonyl (C=O) groups is 2. The first-order valence-electron chi connectivity index (χ1n) is 6.35. The van der Waals surface area contributed by atoms with E-state index >= 15 is 0 Å². The summed E-state index contributed by atoms with van der Waals surface area (Å²) in [6.07, 6.45) is 1.18. The number of hydrogen-bond donors (Lipinski definition) is 2. The zero-order chi connectivity index (χ0) is 14.0. The summed E-state index contributed by atoms with van der Waals surface area (Å²) < 4.78 is 5.13. The van der Waals surface area contributed by atoms with Crippen LogP contribution >= 0.6 is 0 Å². The number of rotatable bonds is 4. The van der Waals surface area contributed by atoms with Crippen molar-refractivity contribution in [1.29, 1.82) is 0 Å². The number of hydrogen-bond acceptors (Lipinski definition) is 4. The molecular weight excluding hydrogens is 244 g/mol. The predicted molar refractivity (Wildman–Crippen MR) is 71.6 cm³/mol. The molecule has 0 bridgehead atoms. The molecule has 1 aromatic carbocycles. The maximum Gasteiger partial charge on any atom is 0.341 e. The van der Waals surface area contributed by atoms with Crippen molar-refractivity contribution in [1.82, 2.24) is 5.32 Å². The van der Waals surface area contributed by atoms with E-state index in [1.54, 1.807) is 19.1 Å². The number of benzene rings is 1. The van der Waals surface area contributed by atoms with Gasteiger partial charge in [-0.3, -0.25) is 4.79 Å². The Balaban J connectivity index is 1.99. The molecule has 2 rings (SSSR count). The summed E-state index contributed by atoms with van der Waals surface area (Å²) >= 11 is 0. The van der Waals surface area contributed by atoms with E-state index in [0.717, 1.165) is 18.4 Å². The molecule has 102 valence electrons. The molecule has 1 aliphatic rings. The average Bonchev–Trinajstić information content (AvgIpc) is 3.16. The second-order valence-corrected chi connectivity index (χ2v) is 4.87. The fourth-order valence-electron chi connectivity index (χ4n) is 1.68. The lowest BCUT2D eigenvalue weighted by atomic mass is 10.1. The van der Waals surface area contributed by atoms with Crippen LogP contribution in [-0.2, 0) is 9.53 Å². The summed E-state index contributed by atoms with van der Waals surface area (Å²) in [7, 11) is 0. The summed E-state index contributed by atoms with van der Waals surface area (Å²) in [6.45, 7) is 3.37. The Kier molecular flexibility index (Phi) is 3.74. The normalized spacial score (nSPS) is 15.7. The molecule has 5 heteroatoms. The van der Waals surface area contributed by atoms with Crippen molar-refractivity contribution in [2.75, 3.05) is 5.73 Å². The fraction of sp³-hybridized carbons (Fsp3) is 0.429. The van der Waals surface area contributed by atoms with Crippen LogP contribution in [0.15, 0.2) is 18.2 Å². The van der Waals surface area contributed by atoms with Crippen molar-refractivity contribution >= 4 is 17.6 Å². The van der Waals surface area contributed by atoms with Crippen LogP contribution in [0.25, 0.3) is 0 Å². The van der Waals surface area contributed by atoms with E-state index in [2.05, 4.69) is 5.32 Å². The lowest BCUT2D eigenvalue weighted by Crippen LogP contribution is -2.37. The number of carbonyl (C=O) groups excluding carboxylic acids is 2. The lowest BCUT2D eigenvalue weighted by Gasteiger charge is -2.14. The number of anilines is 1. The number of ether oxygens (including phenoxy) is 1. The summed E-state index contributed by atoms with van der Waals surface area (Å²) in [5.41, 5.74) is 7.32. The van der Waals surface area contributed by atoms with E-state index in [1.807, 2.05) is 13.0 Å². The summed E-state index contributed by atoms with van der Waals surface area (Å²) in [5, 5.41) is 2.79. The van der Waals surface area contributed by atoms with Gasteiger partial charge >= 0.3 is 5.97 Å². The highest BCUT2D eigenvalue weighted by molar-refractivity contribution is 5.97. The summed E-state index contributed by atoms with van der Waals surface area (Å²) in [4.78, 5) is 23.6. The maximum atomic E-state index is 12.0. The molecule has 1 aliphatic carbocycles. The molecular formula is C14H18N2O3. The summed E-state index contributed by atoms with van der Waals surface area (Å²) in [5.74, 6) is -0.832. The van der Waals surface area contributed by atoms with Gasteiger partial charge in [0.15, 0.2) is 6.10 Å². The molecule has 1 aromatic rings. The first-order valence-corrected chi connectivity index (χ1v) is 6.35. The minimum Gasteiger partial charge on any atom is -0.449 e. The van der Waals surface area contributed by atoms with Gasteiger partial charge < -0.3 is 15.8 Å². The van der Waals surface area contributed by atoms with Crippen LogP contribution < -0.4 is 11.1 Å². The molecule has 0 heterocycles. The van der Waals surface area contributed by atoms with Crippen LogP contribution in [0.5, 0.6) is 0 Å². The molecule has 1 amide bonds. The lowest BCUT2D eigenvalue weighted by molar-refractivity contribution is -0.129. The van der Waals surface area contributed by atoms with E-state index in [4.69, 9.17) is 10.5 Å². The van der Waals surface area contributed by atoms with Crippen LogP contribution in [0.3, 0.4) is 0 Å². The van der Waals surface area contributed by atoms with Crippen molar-refractivity contribution in [2.45, 2.75) is 38.8 Å². The topological polar surface area (TPSA) is 81.4 Å². The Labute approximate surface area is 112 Å². The third-order valence-electron chi connectivity index (χ3n) is 3.12. The number of esters is 1. The second-order valence-electron chi connectivity index (χ2n) is 4.87. The van der Waals surface area contributed by atoms with Gasteiger partial charge in [0, 0.05) is 11.7 Å². The Morgan fingerprint density at radius 2 is 2.11 bits per heavy atom. The molecule has 1 atom stereocenters. The van der Waals surface area contributed by atoms with Gasteiger partial charge in [-0.05, 0) is 38.3 Å². The number of nitrogens with one attached hydrogen (secondary N) is 1. The number of nitrogens with two attached hydrogens (primary N) is 1. The molecule has 0 spiro atoms. The number of amides is 1. The van der Waals surface area contributed by atoms with Gasteiger partial charge in [0.2, 0.25) is 0 Å².